The molecule has 0 spiro atoms. The van der Waals surface area contributed by atoms with E-state index in [0.29, 0.717) is 0 Å². The summed E-state index contributed by atoms with van der Waals surface area (Å²) in [5, 5.41) is 42.2. The molecule has 0 saturated carbocycles. The van der Waals surface area contributed by atoms with Crippen LogP contribution in [0.2, 0.25) is 0 Å². The molecule has 162 valence electrons. The minimum absolute atomic E-state index is 0.0346. The average Bonchev–Trinajstić information content (AvgIpc) is 2.67. The molecular weight excluding hydrogens is 404 g/mol. The van der Waals surface area contributed by atoms with E-state index in [9.17, 15) is 39.6 Å². The maximum atomic E-state index is 12.8. The summed E-state index contributed by atoms with van der Waals surface area (Å²) in [6.45, 7) is 1.18. The summed E-state index contributed by atoms with van der Waals surface area (Å²) in [5.41, 5.74) is -2.75. The molecular formula is C18H20N2O10. The van der Waals surface area contributed by atoms with Crippen LogP contribution in [-0.4, -0.2) is 69.9 Å². The second kappa shape index (κ2) is 8.80. The molecule has 1 aromatic rings. The van der Waals surface area contributed by atoms with Crippen LogP contribution in [0.5, 0.6) is 5.75 Å². The third-order valence-corrected chi connectivity index (χ3v) is 4.44. The fourth-order valence-electron chi connectivity index (χ4n) is 2.84. The van der Waals surface area contributed by atoms with Crippen molar-refractivity contribution in [1.82, 2.24) is 10.6 Å². The number of phenols is 1. The maximum absolute atomic E-state index is 12.8. The second-order valence-electron chi connectivity index (χ2n) is 6.39. The van der Waals surface area contributed by atoms with Crippen molar-refractivity contribution in [2.45, 2.75) is 24.8 Å². The third kappa shape index (κ3) is 4.34. The van der Waals surface area contributed by atoms with Gasteiger partial charge < -0.3 is 40.5 Å². The molecule has 6 N–H and O–H groups in total. The molecule has 2 rings (SSSR count). The first-order valence-corrected chi connectivity index (χ1v) is 8.47. The van der Waals surface area contributed by atoms with Gasteiger partial charge in [0.2, 0.25) is 5.91 Å². The van der Waals surface area contributed by atoms with Crippen LogP contribution in [0.3, 0.4) is 0 Å². The van der Waals surface area contributed by atoms with Crippen molar-refractivity contribution in [2.24, 2.45) is 0 Å². The minimum Gasteiger partial charge on any atom is -0.508 e. The number of carboxylic acids is 3. The topological polar surface area (TPSA) is 192 Å². The van der Waals surface area contributed by atoms with Crippen LogP contribution in [0, 0.1) is 0 Å². The molecule has 1 aromatic carbocycles. The number of phenolic OH excluding ortho intramolecular Hbond substituents is 1. The predicted octanol–water partition coefficient (Wildman–Crippen LogP) is -0.592. The lowest BCUT2D eigenvalue weighted by molar-refractivity contribution is -0.199. The zero-order valence-corrected chi connectivity index (χ0v) is 15.9. The summed E-state index contributed by atoms with van der Waals surface area (Å²) >= 11 is 0. The SMILES string of the molecule is CO[C@@](NC(=O)[C@H](C(=O)O)c1ccc(O)cc1)(C(=O)O)[C@@H]1NC(C(=O)O)=C(C)CO1. The van der Waals surface area contributed by atoms with Crippen molar-refractivity contribution in [3.63, 3.8) is 0 Å². The highest BCUT2D eigenvalue weighted by molar-refractivity contribution is 6.04. The van der Waals surface area contributed by atoms with E-state index in [1.807, 2.05) is 5.32 Å². The first-order chi connectivity index (χ1) is 14.0. The Bertz CT molecular complexity index is 895. The van der Waals surface area contributed by atoms with E-state index in [1.54, 1.807) is 0 Å². The quantitative estimate of drug-likeness (QED) is 0.231. The summed E-state index contributed by atoms with van der Waals surface area (Å²) in [5.74, 6) is -7.99. The van der Waals surface area contributed by atoms with Gasteiger partial charge >= 0.3 is 17.9 Å². The van der Waals surface area contributed by atoms with Gasteiger partial charge in [0, 0.05) is 7.11 Å². The Labute approximate surface area is 169 Å². The molecule has 1 amide bonds. The highest BCUT2D eigenvalue weighted by atomic mass is 16.6. The zero-order valence-electron chi connectivity index (χ0n) is 15.9. The molecule has 12 heteroatoms. The first kappa shape index (κ1) is 22.6. The number of aliphatic carboxylic acids is 3. The third-order valence-electron chi connectivity index (χ3n) is 4.44. The number of amides is 1. The molecule has 0 saturated heterocycles. The Kier molecular flexibility index (Phi) is 6.64. The van der Waals surface area contributed by atoms with E-state index in [2.05, 4.69) is 5.32 Å². The van der Waals surface area contributed by atoms with Gasteiger partial charge in [-0.3, -0.25) is 9.59 Å². The number of carbonyl (C=O) groups is 4. The van der Waals surface area contributed by atoms with Crippen molar-refractivity contribution < 1.29 is 49.1 Å². The number of carbonyl (C=O) groups excluding carboxylic acids is 1. The van der Waals surface area contributed by atoms with Gasteiger partial charge in [-0.1, -0.05) is 12.1 Å². The van der Waals surface area contributed by atoms with Gasteiger partial charge in [-0.15, -0.1) is 0 Å². The highest BCUT2D eigenvalue weighted by Crippen LogP contribution is 2.25. The molecule has 0 fully saturated rings. The largest absolute Gasteiger partial charge is 0.508 e. The van der Waals surface area contributed by atoms with Gasteiger partial charge in [-0.2, -0.15) is 0 Å². The molecule has 1 heterocycles. The van der Waals surface area contributed by atoms with E-state index in [-0.39, 0.29) is 29.2 Å². The summed E-state index contributed by atoms with van der Waals surface area (Å²) in [7, 11) is 0.932. The number of nitrogens with one attached hydrogen (secondary N) is 2. The molecule has 0 radical (unpaired) electrons. The Morgan fingerprint density at radius 3 is 2.27 bits per heavy atom. The molecule has 0 aromatic heterocycles. The minimum atomic E-state index is -2.65. The molecule has 0 aliphatic carbocycles. The van der Waals surface area contributed by atoms with Crippen LogP contribution < -0.4 is 10.6 Å². The lowest BCUT2D eigenvalue weighted by Crippen LogP contribution is -2.69. The fraction of sp³-hybridized carbons (Fsp3) is 0.333. The summed E-state index contributed by atoms with van der Waals surface area (Å²) < 4.78 is 10.3. The van der Waals surface area contributed by atoms with Crippen LogP contribution in [0.1, 0.15) is 18.4 Å². The standard InChI is InChI=1S/C18H20N2O10/c1-8-7-30-16(19-12(8)15(25)26)18(29-2,17(27)28)20-13(22)11(14(23)24)9-3-5-10(21)6-4-9/h3-6,11,16,19,21H,7H2,1-2H3,(H,20,22)(H,23,24)(H,25,26)(H,27,28)/t11-,16-,18-/m1/s1. The summed E-state index contributed by atoms with van der Waals surface area (Å²) in [6.07, 6.45) is -1.69. The second-order valence-corrected chi connectivity index (χ2v) is 6.39. The van der Waals surface area contributed by atoms with Crippen molar-refractivity contribution in [1.29, 1.82) is 0 Å². The first-order valence-electron chi connectivity index (χ1n) is 8.47. The van der Waals surface area contributed by atoms with Gasteiger partial charge in [-0.25, -0.2) is 9.59 Å². The normalized spacial score (nSPS) is 19.2. The Morgan fingerprint density at radius 1 is 1.20 bits per heavy atom. The lowest BCUT2D eigenvalue weighted by Gasteiger charge is -2.39. The Morgan fingerprint density at radius 2 is 1.80 bits per heavy atom. The summed E-state index contributed by atoms with van der Waals surface area (Å²) in [6, 6.07) is 4.70. The highest BCUT2D eigenvalue weighted by Gasteiger charge is 2.52. The van der Waals surface area contributed by atoms with E-state index in [0.717, 1.165) is 19.2 Å². The number of hydrogen-bond donors (Lipinski definition) is 6. The van der Waals surface area contributed by atoms with E-state index in [1.165, 1.54) is 19.1 Å². The van der Waals surface area contributed by atoms with E-state index >= 15 is 0 Å². The molecule has 30 heavy (non-hydrogen) atoms. The molecule has 12 nitrogen and oxygen atoms in total. The zero-order chi connectivity index (χ0) is 22.6. The van der Waals surface area contributed by atoms with Crippen molar-refractivity contribution in [3.8, 4) is 5.75 Å². The number of rotatable bonds is 8. The fourth-order valence-corrected chi connectivity index (χ4v) is 2.84. The monoisotopic (exact) mass is 424 g/mol. The van der Waals surface area contributed by atoms with Crippen molar-refractivity contribution >= 4 is 23.8 Å². The van der Waals surface area contributed by atoms with Crippen LogP contribution in [0.4, 0.5) is 0 Å². The van der Waals surface area contributed by atoms with Gasteiger partial charge in [0.1, 0.15) is 11.4 Å². The predicted molar refractivity (Wildman–Crippen MR) is 97.2 cm³/mol. The molecule has 0 bridgehead atoms. The number of methoxy groups -OCH3 is 1. The average molecular weight is 424 g/mol. The van der Waals surface area contributed by atoms with Gasteiger partial charge in [-0.05, 0) is 30.2 Å². The number of hydrogen-bond acceptors (Lipinski definition) is 8. The molecule has 0 unspecified atom stereocenters. The maximum Gasteiger partial charge on any atom is 0.362 e. The number of aromatic hydroxyl groups is 1. The molecule has 3 atom stereocenters. The molecule has 1 aliphatic rings. The smallest absolute Gasteiger partial charge is 0.362 e. The van der Waals surface area contributed by atoms with Crippen molar-refractivity contribution in [3.05, 3.63) is 41.1 Å². The molecule has 1 aliphatic heterocycles. The van der Waals surface area contributed by atoms with Crippen LogP contribution in [0.15, 0.2) is 35.5 Å². The Balaban J connectivity index is 2.40. The van der Waals surface area contributed by atoms with Crippen LogP contribution >= 0.6 is 0 Å². The lowest BCUT2D eigenvalue weighted by atomic mass is 9.97. The van der Waals surface area contributed by atoms with E-state index < -0.39 is 41.7 Å². The number of carboxylic acid groups (broad SMARTS) is 3. The van der Waals surface area contributed by atoms with Gasteiger partial charge in [0.05, 0.1) is 6.61 Å². The van der Waals surface area contributed by atoms with Gasteiger partial charge in [0.15, 0.2) is 12.1 Å². The number of ether oxygens (including phenoxy) is 2. The van der Waals surface area contributed by atoms with Crippen molar-refractivity contribution in [2.75, 3.05) is 13.7 Å². The van der Waals surface area contributed by atoms with Crippen LogP contribution in [-0.2, 0) is 28.7 Å². The van der Waals surface area contributed by atoms with Gasteiger partial charge in [0.25, 0.3) is 5.72 Å². The van der Waals surface area contributed by atoms with E-state index in [4.69, 9.17) is 9.47 Å². The summed E-state index contributed by atoms with van der Waals surface area (Å²) in [4.78, 5) is 47.8. The van der Waals surface area contributed by atoms with Crippen LogP contribution in [0.25, 0.3) is 0 Å². The Hall–Kier alpha value is -3.64. The number of benzene rings is 1.